The second-order valence-corrected chi connectivity index (χ2v) is 4.38. The minimum atomic E-state index is -1.22. The third kappa shape index (κ3) is 3.27. The van der Waals surface area contributed by atoms with E-state index in [1.54, 1.807) is 32.3 Å². The van der Waals surface area contributed by atoms with Gasteiger partial charge in [-0.25, -0.2) is 0 Å². The first kappa shape index (κ1) is 12.6. The quantitative estimate of drug-likeness (QED) is 0.705. The van der Waals surface area contributed by atoms with E-state index in [1.165, 1.54) is 22.7 Å². The van der Waals surface area contributed by atoms with Crippen LogP contribution in [0.4, 0.5) is 0 Å². The fraction of sp³-hybridized carbons (Fsp3) is 0.273. The number of carboxylic acid groups (broad SMARTS) is 1. The van der Waals surface area contributed by atoms with Crippen molar-refractivity contribution < 1.29 is 14.7 Å². The first-order valence-corrected chi connectivity index (χ1v) is 5.64. The van der Waals surface area contributed by atoms with Gasteiger partial charge in [-0.1, -0.05) is 18.2 Å². The van der Waals surface area contributed by atoms with Gasteiger partial charge in [-0.2, -0.15) is 0 Å². The van der Waals surface area contributed by atoms with Crippen LogP contribution in [0.3, 0.4) is 0 Å². The number of carbonyl (C=O) groups excluding carboxylic acids is 2. The standard InChI is InChI=1S/C11H13NO3S/c1-12(2)10(13)7-16-9-6-4-3-5-8(9)11(14)15/h3-6H,7H2,1-2H3,(H,14,15)/p-1. The van der Waals surface area contributed by atoms with Crippen LogP contribution >= 0.6 is 11.8 Å². The third-order valence-corrected chi connectivity index (χ3v) is 3.02. The molecule has 1 aromatic carbocycles. The summed E-state index contributed by atoms with van der Waals surface area (Å²) in [6.07, 6.45) is 0. The van der Waals surface area contributed by atoms with E-state index in [4.69, 9.17) is 0 Å². The number of carbonyl (C=O) groups is 2. The van der Waals surface area contributed by atoms with Crippen LogP contribution in [0.15, 0.2) is 29.2 Å². The molecule has 86 valence electrons. The van der Waals surface area contributed by atoms with Crippen molar-refractivity contribution in [1.82, 2.24) is 4.90 Å². The molecule has 4 nitrogen and oxygen atoms in total. The van der Waals surface area contributed by atoms with Gasteiger partial charge in [0.05, 0.1) is 11.7 Å². The highest BCUT2D eigenvalue weighted by molar-refractivity contribution is 8.00. The van der Waals surface area contributed by atoms with Crippen LogP contribution in [-0.4, -0.2) is 36.6 Å². The zero-order chi connectivity index (χ0) is 12.1. The highest BCUT2D eigenvalue weighted by Crippen LogP contribution is 2.22. The van der Waals surface area contributed by atoms with E-state index >= 15 is 0 Å². The maximum absolute atomic E-state index is 11.3. The summed E-state index contributed by atoms with van der Waals surface area (Å²) < 4.78 is 0. The van der Waals surface area contributed by atoms with E-state index < -0.39 is 5.97 Å². The number of nitrogens with zero attached hydrogens (tertiary/aromatic N) is 1. The Morgan fingerprint density at radius 3 is 2.50 bits per heavy atom. The van der Waals surface area contributed by atoms with Crippen molar-refractivity contribution in [3.05, 3.63) is 29.8 Å². The van der Waals surface area contributed by atoms with Crippen LogP contribution < -0.4 is 5.11 Å². The number of benzene rings is 1. The molecule has 0 aromatic heterocycles. The van der Waals surface area contributed by atoms with Crippen molar-refractivity contribution in [2.45, 2.75) is 4.90 Å². The molecule has 0 radical (unpaired) electrons. The zero-order valence-corrected chi connectivity index (χ0v) is 9.91. The molecule has 0 aliphatic carbocycles. The number of thioether (sulfide) groups is 1. The average molecular weight is 238 g/mol. The van der Waals surface area contributed by atoms with Crippen molar-refractivity contribution in [3.63, 3.8) is 0 Å². The van der Waals surface area contributed by atoms with Crippen LogP contribution in [0.2, 0.25) is 0 Å². The van der Waals surface area contributed by atoms with Crippen molar-refractivity contribution >= 4 is 23.6 Å². The van der Waals surface area contributed by atoms with E-state index in [0.29, 0.717) is 4.90 Å². The summed E-state index contributed by atoms with van der Waals surface area (Å²) in [6.45, 7) is 0. The molecule has 5 heteroatoms. The maximum Gasteiger partial charge on any atom is 0.232 e. The average Bonchev–Trinajstić information content (AvgIpc) is 2.25. The lowest BCUT2D eigenvalue weighted by molar-refractivity contribution is -0.255. The number of rotatable bonds is 4. The largest absolute Gasteiger partial charge is 0.545 e. The topological polar surface area (TPSA) is 60.4 Å². The number of aromatic carboxylic acids is 1. The number of hydrogen-bond donors (Lipinski definition) is 0. The molecule has 0 heterocycles. The predicted octanol–water partition coefficient (Wildman–Crippen LogP) is 0.230. The number of hydrogen-bond acceptors (Lipinski definition) is 4. The molecule has 0 saturated carbocycles. The van der Waals surface area contributed by atoms with Crippen LogP contribution in [0.1, 0.15) is 10.4 Å². The van der Waals surface area contributed by atoms with Gasteiger partial charge in [0.2, 0.25) is 5.91 Å². The first-order valence-electron chi connectivity index (χ1n) is 4.65. The summed E-state index contributed by atoms with van der Waals surface area (Å²) in [5.74, 6) is -1.06. The molecule has 0 spiro atoms. The van der Waals surface area contributed by atoms with E-state index in [0.717, 1.165) is 0 Å². The summed E-state index contributed by atoms with van der Waals surface area (Å²) in [6, 6.07) is 6.49. The summed E-state index contributed by atoms with van der Waals surface area (Å²) in [4.78, 5) is 24.1. The molecule has 16 heavy (non-hydrogen) atoms. The normalized spacial score (nSPS) is 9.88. The molecule has 0 fully saturated rings. The Morgan fingerprint density at radius 1 is 1.31 bits per heavy atom. The Morgan fingerprint density at radius 2 is 1.94 bits per heavy atom. The fourth-order valence-corrected chi connectivity index (χ4v) is 2.05. The van der Waals surface area contributed by atoms with E-state index in [2.05, 4.69) is 0 Å². The van der Waals surface area contributed by atoms with Gasteiger partial charge in [-0.05, 0) is 6.07 Å². The van der Waals surface area contributed by atoms with Crippen molar-refractivity contribution in [1.29, 1.82) is 0 Å². The molecular formula is C11H12NO3S-. The van der Waals surface area contributed by atoms with Gasteiger partial charge in [-0.15, -0.1) is 11.8 Å². The van der Waals surface area contributed by atoms with Gasteiger partial charge in [0.15, 0.2) is 0 Å². The molecule has 0 aliphatic rings. The molecule has 0 saturated heterocycles. The van der Waals surface area contributed by atoms with Gasteiger partial charge < -0.3 is 14.8 Å². The van der Waals surface area contributed by atoms with Gasteiger partial charge in [0.1, 0.15) is 0 Å². The Kier molecular flexibility index (Phi) is 4.37. The molecule has 1 amide bonds. The summed E-state index contributed by atoms with van der Waals surface area (Å²) in [5, 5.41) is 10.8. The Hall–Kier alpha value is -1.49. The van der Waals surface area contributed by atoms with Crippen LogP contribution in [-0.2, 0) is 4.79 Å². The second kappa shape index (κ2) is 5.55. The lowest BCUT2D eigenvalue weighted by atomic mass is 10.2. The van der Waals surface area contributed by atoms with E-state index in [1.807, 2.05) is 0 Å². The molecule has 0 unspecified atom stereocenters. The first-order chi connectivity index (χ1) is 7.52. The smallest absolute Gasteiger partial charge is 0.232 e. The highest BCUT2D eigenvalue weighted by atomic mass is 32.2. The van der Waals surface area contributed by atoms with Crippen molar-refractivity contribution in [3.8, 4) is 0 Å². The molecule has 0 aliphatic heterocycles. The monoisotopic (exact) mass is 238 g/mol. The van der Waals surface area contributed by atoms with Gasteiger partial charge >= 0.3 is 0 Å². The van der Waals surface area contributed by atoms with Crippen LogP contribution in [0, 0.1) is 0 Å². The molecule has 1 rings (SSSR count). The summed E-state index contributed by atoms with van der Waals surface area (Å²) >= 11 is 1.20. The molecule has 0 bridgehead atoms. The minimum absolute atomic E-state index is 0.0573. The number of carboxylic acids is 1. The Bertz CT molecular complexity index is 404. The van der Waals surface area contributed by atoms with Crippen LogP contribution in [0.25, 0.3) is 0 Å². The molecule has 0 N–H and O–H groups in total. The van der Waals surface area contributed by atoms with E-state index in [-0.39, 0.29) is 17.2 Å². The maximum atomic E-state index is 11.3. The van der Waals surface area contributed by atoms with Crippen molar-refractivity contribution in [2.75, 3.05) is 19.8 Å². The van der Waals surface area contributed by atoms with E-state index in [9.17, 15) is 14.7 Å². The molecule has 0 atom stereocenters. The summed E-state index contributed by atoms with van der Waals surface area (Å²) in [5.41, 5.74) is 0.124. The second-order valence-electron chi connectivity index (χ2n) is 3.36. The SMILES string of the molecule is CN(C)C(=O)CSc1ccccc1C(=O)[O-]. The van der Waals surface area contributed by atoms with Crippen LogP contribution in [0.5, 0.6) is 0 Å². The Balaban J connectivity index is 2.74. The number of amides is 1. The summed E-state index contributed by atoms with van der Waals surface area (Å²) in [7, 11) is 3.32. The molecular weight excluding hydrogens is 226 g/mol. The molecule has 1 aromatic rings. The van der Waals surface area contributed by atoms with Gasteiger partial charge in [0, 0.05) is 24.6 Å². The van der Waals surface area contributed by atoms with Crippen molar-refractivity contribution in [2.24, 2.45) is 0 Å². The highest BCUT2D eigenvalue weighted by Gasteiger charge is 2.08. The minimum Gasteiger partial charge on any atom is -0.545 e. The van der Waals surface area contributed by atoms with Gasteiger partial charge in [0.25, 0.3) is 0 Å². The zero-order valence-electron chi connectivity index (χ0n) is 9.10. The Labute approximate surface area is 98.3 Å². The fourth-order valence-electron chi connectivity index (χ4n) is 1.03. The third-order valence-electron chi connectivity index (χ3n) is 1.96. The van der Waals surface area contributed by atoms with Gasteiger partial charge in [-0.3, -0.25) is 4.79 Å². The lowest BCUT2D eigenvalue weighted by Crippen LogP contribution is -2.25. The lowest BCUT2D eigenvalue weighted by Gasteiger charge is -2.12. The predicted molar refractivity (Wildman–Crippen MR) is 60.2 cm³/mol.